The first-order chi connectivity index (χ1) is 17.0. The first kappa shape index (κ1) is 24.4. The predicted octanol–water partition coefficient (Wildman–Crippen LogP) is -3.42. The molecule has 0 aromatic heterocycles. The molecule has 0 aromatic rings. The average Bonchev–Trinajstić information content (AvgIpc) is 3.53. The van der Waals surface area contributed by atoms with Gasteiger partial charge in [0.05, 0.1) is 0 Å². The van der Waals surface area contributed by atoms with Gasteiger partial charge in [0.25, 0.3) is 41.4 Å². The molecule has 2 saturated heterocycles. The molecule has 0 aromatic carbocycles. The third kappa shape index (κ3) is 4.13. The molecule has 16 nitrogen and oxygen atoms in total. The molecule has 188 valence electrons. The maximum absolute atomic E-state index is 13.2. The van der Waals surface area contributed by atoms with Crippen LogP contribution >= 0.6 is 0 Å². The van der Waals surface area contributed by atoms with E-state index in [2.05, 4.69) is 0 Å². The van der Waals surface area contributed by atoms with Crippen molar-refractivity contribution in [2.75, 3.05) is 0 Å². The molecule has 0 aliphatic carbocycles. The molecule has 0 bridgehead atoms. The highest BCUT2D eigenvalue weighted by molar-refractivity contribution is 6.18. The molecule has 7 amide bonds. The van der Waals surface area contributed by atoms with Gasteiger partial charge in [0.2, 0.25) is 0 Å². The molecule has 0 spiro atoms. The van der Waals surface area contributed by atoms with Crippen LogP contribution in [0.3, 0.4) is 0 Å². The van der Waals surface area contributed by atoms with Gasteiger partial charge >= 0.3 is 11.9 Å². The molecule has 0 saturated carbocycles. The monoisotopic (exact) mass is 504 g/mol. The van der Waals surface area contributed by atoms with Crippen LogP contribution < -0.4 is 0 Å². The van der Waals surface area contributed by atoms with Gasteiger partial charge in [-0.25, -0.2) is 9.59 Å². The van der Waals surface area contributed by atoms with Crippen molar-refractivity contribution in [1.29, 1.82) is 0 Å². The van der Waals surface area contributed by atoms with Crippen molar-refractivity contribution in [2.24, 2.45) is 0 Å². The zero-order valence-corrected chi connectivity index (χ0v) is 18.1. The predicted molar refractivity (Wildman–Crippen MR) is 105 cm³/mol. The molecule has 1 N–H and O–H groups in total. The largest absolute Gasteiger partial charge is 0.370 e. The molecule has 4 rings (SSSR count). The molecule has 16 heteroatoms. The minimum Gasteiger partial charge on any atom is -0.370 e. The fraction of sp³-hybridized carbons (Fsp3) is 0.350. The Morgan fingerprint density at radius 3 is 1.50 bits per heavy atom. The van der Waals surface area contributed by atoms with Crippen LogP contribution in [0.5, 0.6) is 0 Å². The van der Waals surface area contributed by atoms with Crippen LogP contribution in [0.15, 0.2) is 24.3 Å². The Hall–Kier alpha value is -4.73. The number of aliphatic hydroxyl groups excluding tert-OH is 1. The number of amides is 7. The van der Waals surface area contributed by atoms with Crippen LogP contribution in [0.1, 0.15) is 25.7 Å². The lowest BCUT2D eigenvalue weighted by Crippen LogP contribution is -2.63. The van der Waals surface area contributed by atoms with Crippen molar-refractivity contribution in [3.8, 4) is 0 Å². The van der Waals surface area contributed by atoms with E-state index in [0.29, 0.717) is 0 Å². The van der Waals surface area contributed by atoms with Gasteiger partial charge in [0.1, 0.15) is 0 Å². The van der Waals surface area contributed by atoms with Crippen LogP contribution in [-0.2, 0) is 52.8 Å². The van der Waals surface area contributed by atoms with Crippen molar-refractivity contribution in [3.05, 3.63) is 24.3 Å². The van der Waals surface area contributed by atoms with E-state index in [4.69, 9.17) is 9.68 Å². The molecular weight excluding hydrogens is 488 g/mol. The number of carbonyl (C=O) groups excluding carboxylic acids is 9. The summed E-state index contributed by atoms with van der Waals surface area (Å²) in [6.45, 7) is 0. The van der Waals surface area contributed by atoms with E-state index in [1.807, 2.05) is 0 Å². The zero-order chi connectivity index (χ0) is 26.3. The van der Waals surface area contributed by atoms with Crippen LogP contribution in [0.2, 0.25) is 0 Å². The number of hydrogen-bond donors (Lipinski definition) is 1. The lowest BCUT2D eigenvalue weighted by Gasteiger charge is -2.35. The highest BCUT2D eigenvalue weighted by atomic mass is 16.7. The second-order valence-electron chi connectivity index (χ2n) is 7.79. The maximum Gasteiger partial charge on any atom is 0.358 e. The highest BCUT2D eigenvalue weighted by Crippen LogP contribution is 2.26. The maximum atomic E-state index is 13.2. The first-order valence-corrected chi connectivity index (χ1v) is 10.4. The zero-order valence-electron chi connectivity index (χ0n) is 18.1. The minimum absolute atomic E-state index is 0.0653. The van der Waals surface area contributed by atoms with Crippen LogP contribution in [-0.4, -0.2) is 96.6 Å². The van der Waals surface area contributed by atoms with E-state index in [9.17, 15) is 48.3 Å². The Kier molecular flexibility index (Phi) is 6.19. The number of hydroxylamine groups is 4. The van der Waals surface area contributed by atoms with E-state index >= 15 is 0 Å². The third-order valence-electron chi connectivity index (χ3n) is 5.53. The Balaban J connectivity index is 1.76. The lowest BCUT2D eigenvalue weighted by molar-refractivity contribution is -0.227. The molecule has 4 aliphatic rings. The van der Waals surface area contributed by atoms with Crippen molar-refractivity contribution >= 4 is 53.3 Å². The summed E-state index contributed by atoms with van der Waals surface area (Å²) < 4.78 is 0. The van der Waals surface area contributed by atoms with Gasteiger partial charge in [-0.3, -0.25) is 43.4 Å². The van der Waals surface area contributed by atoms with Gasteiger partial charge in [-0.2, -0.15) is 0 Å². The van der Waals surface area contributed by atoms with Gasteiger partial charge in [-0.1, -0.05) is 0 Å². The van der Waals surface area contributed by atoms with Crippen LogP contribution in [0.25, 0.3) is 0 Å². The van der Waals surface area contributed by atoms with Crippen molar-refractivity contribution < 1.29 is 57.9 Å². The molecule has 4 heterocycles. The smallest absolute Gasteiger partial charge is 0.358 e. The van der Waals surface area contributed by atoms with Gasteiger partial charge in [0.15, 0.2) is 18.3 Å². The summed E-state index contributed by atoms with van der Waals surface area (Å²) >= 11 is 0. The van der Waals surface area contributed by atoms with Crippen molar-refractivity contribution in [2.45, 2.75) is 44.0 Å². The van der Waals surface area contributed by atoms with Gasteiger partial charge in [-0.05, 0) is 0 Å². The fourth-order valence-electron chi connectivity index (χ4n) is 3.83. The second-order valence-corrected chi connectivity index (χ2v) is 7.79. The Morgan fingerprint density at radius 1 is 0.694 bits per heavy atom. The van der Waals surface area contributed by atoms with E-state index in [-0.39, 0.29) is 45.6 Å². The minimum atomic E-state index is -2.45. The van der Waals surface area contributed by atoms with Crippen molar-refractivity contribution in [3.63, 3.8) is 0 Å². The summed E-state index contributed by atoms with van der Waals surface area (Å²) in [7, 11) is 0. The molecule has 0 radical (unpaired) electrons. The fourth-order valence-corrected chi connectivity index (χ4v) is 3.83. The second kappa shape index (κ2) is 9.14. The summed E-state index contributed by atoms with van der Waals surface area (Å²) in [5, 5.41) is 10.2. The Morgan fingerprint density at radius 2 is 1.11 bits per heavy atom. The standard InChI is InChI=1S/C20H16N4O12/c25-9-1-2-10(26)21(9)17(19(33)35-23-13(29)5-6-14(23)30)18(22-11(27)3-4-12(22)28)20(34)36-24-15(31)7-8-16(24)32/h1-4,13,17-18,29H,5-8H2/t13?,17-,18-/m0/s1. The molecule has 4 aliphatic heterocycles. The molecule has 36 heavy (non-hydrogen) atoms. The average molecular weight is 504 g/mol. The quantitative estimate of drug-likeness (QED) is 0.337. The number of rotatable bonds is 7. The summed E-state index contributed by atoms with van der Waals surface area (Å²) in [5.74, 6) is -10.8. The number of aliphatic hydroxyl groups is 1. The normalized spacial score (nSPS) is 23.5. The van der Waals surface area contributed by atoms with E-state index in [0.717, 1.165) is 24.3 Å². The van der Waals surface area contributed by atoms with Crippen LogP contribution in [0.4, 0.5) is 0 Å². The topological polar surface area (TPSA) is 205 Å². The number of carbonyl (C=O) groups is 9. The number of imide groups is 3. The third-order valence-corrected chi connectivity index (χ3v) is 5.53. The Labute approximate surface area is 200 Å². The summed E-state index contributed by atoms with van der Waals surface area (Å²) in [6.07, 6.45) is 0.318. The summed E-state index contributed by atoms with van der Waals surface area (Å²) in [5.41, 5.74) is 0. The first-order valence-electron chi connectivity index (χ1n) is 10.4. The van der Waals surface area contributed by atoms with Gasteiger partial charge in [-0.15, -0.1) is 10.1 Å². The van der Waals surface area contributed by atoms with Gasteiger partial charge in [0, 0.05) is 50.0 Å². The summed E-state index contributed by atoms with van der Waals surface area (Å²) in [4.78, 5) is 122. The molecule has 1 unspecified atom stereocenters. The van der Waals surface area contributed by atoms with Gasteiger partial charge < -0.3 is 14.8 Å². The molecule has 3 atom stereocenters. The van der Waals surface area contributed by atoms with Crippen LogP contribution in [0, 0.1) is 0 Å². The van der Waals surface area contributed by atoms with E-state index in [1.54, 1.807) is 0 Å². The summed E-state index contributed by atoms with van der Waals surface area (Å²) in [6, 6.07) is -4.88. The van der Waals surface area contributed by atoms with E-state index in [1.165, 1.54) is 0 Å². The SMILES string of the molecule is O=C(ON1C(=O)CCC1=O)[C@H]([C@@H](C(=O)ON1C(=O)CCC1O)N1C(=O)C=CC1=O)N1C(=O)C=CC1=O. The number of nitrogens with zero attached hydrogens (tertiary/aromatic N) is 4. The molecule has 2 fully saturated rings. The highest BCUT2D eigenvalue weighted by Gasteiger charge is 2.54. The van der Waals surface area contributed by atoms with E-state index < -0.39 is 71.6 Å². The van der Waals surface area contributed by atoms with Crippen molar-refractivity contribution in [1.82, 2.24) is 19.9 Å². The Bertz CT molecular complexity index is 1140. The number of hydrogen-bond acceptors (Lipinski definition) is 12. The molecular formula is C20H16N4O12. The lowest BCUT2D eigenvalue weighted by atomic mass is 10.0.